The molecule has 1 aliphatic rings. The van der Waals surface area contributed by atoms with E-state index >= 15 is 0 Å². The van der Waals surface area contributed by atoms with E-state index in [1.54, 1.807) is 12.1 Å². The zero-order chi connectivity index (χ0) is 14.5. The lowest BCUT2D eigenvalue weighted by Gasteiger charge is -2.16. The van der Waals surface area contributed by atoms with Crippen LogP contribution >= 0.6 is 35.4 Å². The third kappa shape index (κ3) is 4.23. The van der Waals surface area contributed by atoms with Crippen molar-refractivity contribution in [2.24, 2.45) is 0 Å². The van der Waals surface area contributed by atoms with Crippen molar-refractivity contribution in [1.29, 1.82) is 0 Å². The zero-order valence-corrected chi connectivity index (χ0v) is 13.0. The highest BCUT2D eigenvalue weighted by Crippen LogP contribution is 2.22. The van der Waals surface area contributed by atoms with Crippen molar-refractivity contribution in [3.05, 3.63) is 33.8 Å². The summed E-state index contributed by atoms with van der Waals surface area (Å²) in [5.41, 5.74) is 5.62. The maximum Gasteiger partial charge on any atom is 0.269 e. The third-order valence-electron chi connectivity index (χ3n) is 3.16. The van der Waals surface area contributed by atoms with Crippen molar-refractivity contribution in [3.63, 3.8) is 0 Å². The van der Waals surface area contributed by atoms with E-state index in [0.717, 1.165) is 12.8 Å². The van der Waals surface area contributed by atoms with Gasteiger partial charge in [-0.1, -0.05) is 36.0 Å². The molecule has 0 aliphatic heterocycles. The Morgan fingerprint density at radius 3 is 2.50 bits per heavy atom. The number of carbonyl (C=O) groups is 1. The van der Waals surface area contributed by atoms with E-state index in [4.69, 9.17) is 35.4 Å². The molecule has 3 N–H and O–H groups in total. The predicted molar refractivity (Wildman–Crippen MR) is 85.1 cm³/mol. The minimum Gasteiger partial charge on any atom is -0.359 e. The maximum absolute atomic E-state index is 11.9. The van der Waals surface area contributed by atoms with Crippen LogP contribution in [0.3, 0.4) is 0 Å². The fourth-order valence-electron chi connectivity index (χ4n) is 2.11. The van der Waals surface area contributed by atoms with Gasteiger partial charge in [0.05, 0.1) is 10.0 Å². The van der Waals surface area contributed by atoms with Crippen LogP contribution in [0.4, 0.5) is 0 Å². The summed E-state index contributed by atoms with van der Waals surface area (Å²) in [4.78, 5) is 11.9. The lowest BCUT2D eigenvalue weighted by atomic mass is 10.2. The molecule has 1 aromatic carbocycles. The fourth-order valence-corrected chi connectivity index (χ4v) is 2.63. The van der Waals surface area contributed by atoms with Gasteiger partial charge < -0.3 is 5.32 Å². The van der Waals surface area contributed by atoms with Crippen LogP contribution in [0.1, 0.15) is 36.0 Å². The number of hydrogen-bond donors (Lipinski definition) is 3. The van der Waals surface area contributed by atoms with Crippen LogP contribution in [-0.2, 0) is 0 Å². The molecule has 0 spiro atoms. The SMILES string of the molecule is O=C(NNC(=S)NC1CCCC1)c1ccc(Cl)c(Cl)c1. The normalized spacial score (nSPS) is 14.9. The van der Waals surface area contributed by atoms with Crippen molar-refractivity contribution >= 4 is 46.4 Å². The third-order valence-corrected chi connectivity index (χ3v) is 4.12. The Morgan fingerprint density at radius 1 is 1.15 bits per heavy atom. The largest absolute Gasteiger partial charge is 0.359 e. The molecular weight excluding hydrogens is 317 g/mol. The molecule has 0 radical (unpaired) electrons. The number of hydrazine groups is 1. The number of carbonyl (C=O) groups excluding carboxylic acids is 1. The second kappa shape index (κ2) is 7.11. The number of nitrogens with one attached hydrogen (secondary N) is 3. The molecule has 0 heterocycles. The number of benzene rings is 1. The highest BCUT2D eigenvalue weighted by molar-refractivity contribution is 7.80. The molecule has 20 heavy (non-hydrogen) atoms. The summed E-state index contributed by atoms with van der Waals surface area (Å²) in [6.45, 7) is 0. The minimum absolute atomic E-state index is 0.320. The summed E-state index contributed by atoms with van der Waals surface area (Å²) in [5.74, 6) is -0.320. The Morgan fingerprint density at radius 2 is 1.85 bits per heavy atom. The second-order valence-electron chi connectivity index (χ2n) is 4.66. The summed E-state index contributed by atoms with van der Waals surface area (Å²) in [6.07, 6.45) is 4.66. The number of amides is 1. The molecule has 0 saturated heterocycles. The van der Waals surface area contributed by atoms with Crippen LogP contribution in [0.5, 0.6) is 0 Å². The molecule has 0 atom stereocenters. The van der Waals surface area contributed by atoms with Crippen molar-refractivity contribution in [2.75, 3.05) is 0 Å². The average molecular weight is 332 g/mol. The smallest absolute Gasteiger partial charge is 0.269 e. The molecule has 2 rings (SSSR count). The summed E-state index contributed by atoms with van der Waals surface area (Å²) in [6, 6.07) is 5.08. The number of hydrogen-bond acceptors (Lipinski definition) is 2. The van der Waals surface area contributed by atoms with Gasteiger partial charge in [-0.3, -0.25) is 15.6 Å². The van der Waals surface area contributed by atoms with E-state index in [2.05, 4.69) is 16.2 Å². The summed E-state index contributed by atoms with van der Waals surface area (Å²) in [5, 5.41) is 4.34. The molecular formula is C13H15Cl2N3OS. The first-order valence-corrected chi connectivity index (χ1v) is 7.54. The molecule has 0 unspecified atom stereocenters. The first kappa shape index (κ1) is 15.4. The van der Waals surface area contributed by atoms with Gasteiger partial charge in [-0.25, -0.2) is 0 Å². The van der Waals surface area contributed by atoms with E-state index in [1.807, 2.05) is 0 Å². The lowest BCUT2D eigenvalue weighted by molar-refractivity contribution is 0.0943. The number of thiocarbonyl (C=S) groups is 1. The van der Waals surface area contributed by atoms with Crippen LogP contribution in [0, 0.1) is 0 Å². The van der Waals surface area contributed by atoms with E-state index in [9.17, 15) is 4.79 Å². The Labute approximate surface area is 133 Å². The Bertz CT molecular complexity index is 518. The monoisotopic (exact) mass is 331 g/mol. The average Bonchev–Trinajstić information content (AvgIpc) is 2.92. The Kier molecular flexibility index (Phi) is 5.46. The van der Waals surface area contributed by atoms with Gasteiger partial charge in [0.2, 0.25) is 0 Å². The molecule has 0 bridgehead atoms. The first-order chi connectivity index (χ1) is 9.56. The Hall–Kier alpha value is -1.04. The molecule has 0 aromatic heterocycles. The molecule has 1 saturated carbocycles. The molecule has 108 valence electrons. The quantitative estimate of drug-likeness (QED) is 0.576. The molecule has 7 heteroatoms. The first-order valence-electron chi connectivity index (χ1n) is 6.38. The van der Waals surface area contributed by atoms with E-state index < -0.39 is 0 Å². The van der Waals surface area contributed by atoms with Crippen LogP contribution in [0.25, 0.3) is 0 Å². The molecule has 1 fully saturated rings. The lowest BCUT2D eigenvalue weighted by Crippen LogP contribution is -2.49. The van der Waals surface area contributed by atoms with Crippen LogP contribution in [0.2, 0.25) is 10.0 Å². The van der Waals surface area contributed by atoms with Crippen molar-refractivity contribution in [2.45, 2.75) is 31.7 Å². The summed E-state index contributed by atoms with van der Waals surface area (Å²) < 4.78 is 0. The molecule has 1 aromatic rings. The van der Waals surface area contributed by atoms with Gasteiger partial charge in [-0.15, -0.1) is 0 Å². The summed E-state index contributed by atoms with van der Waals surface area (Å²) >= 11 is 16.8. The van der Waals surface area contributed by atoms with Gasteiger partial charge in [-0.05, 0) is 43.3 Å². The fraction of sp³-hybridized carbons (Fsp3) is 0.385. The van der Waals surface area contributed by atoms with Gasteiger partial charge in [0.1, 0.15) is 0 Å². The van der Waals surface area contributed by atoms with Gasteiger partial charge >= 0.3 is 0 Å². The van der Waals surface area contributed by atoms with Gasteiger partial charge in [0, 0.05) is 11.6 Å². The number of rotatable bonds is 2. The van der Waals surface area contributed by atoms with Gasteiger partial charge in [0.25, 0.3) is 5.91 Å². The van der Waals surface area contributed by atoms with E-state index in [1.165, 1.54) is 18.9 Å². The second-order valence-corrected chi connectivity index (χ2v) is 5.89. The standard InChI is InChI=1S/C13H15Cl2N3OS/c14-10-6-5-8(7-11(10)15)12(19)17-18-13(20)16-9-3-1-2-4-9/h5-7,9H,1-4H2,(H,17,19)(H2,16,18,20). The van der Waals surface area contributed by atoms with E-state index in [-0.39, 0.29) is 5.91 Å². The van der Waals surface area contributed by atoms with Crippen LogP contribution < -0.4 is 16.2 Å². The van der Waals surface area contributed by atoms with Gasteiger partial charge in [-0.2, -0.15) is 0 Å². The zero-order valence-electron chi connectivity index (χ0n) is 10.7. The Balaban J connectivity index is 1.81. The van der Waals surface area contributed by atoms with Crippen LogP contribution in [-0.4, -0.2) is 17.1 Å². The predicted octanol–water partition coefficient (Wildman–Crippen LogP) is 3.04. The minimum atomic E-state index is -0.320. The highest BCUT2D eigenvalue weighted by Gasteiger charge is 2.15. The summed E-state index contributed by atoms with van der Waals surface area (Å²) in [7, 11) is 0. The molecule has 1 amide bonds. The van der Waals surface area contributed by atoms with Gasteiger partial charge in [0.15, 0.2) is 5.11 Å². The maximum atomic E-state index is 11.9. The van der Waals surface area contributed by atoms with Crippen molar-refractivity contribution < 1.29 is 4.79 Å². The highest BCUT2D eigenvalue weighted by atomic mass is 35.5. The topological polar surface area (TPSA) is 53.2 Å². The number of halogens is 2. The van der Waals surface area contributed by atoms with Crippen molar-refractivity contribution in [3.8, 4) is 0 Å². The van der Waals surface area contributed by atoms with E-state index in [0.29, 0.717) is 26.8 Å². The molecule has 1 aliphatic carbocycles. The van der Waals surface area contributed by atoms with Crippen LogP contribution in [0.15, 0.2) is 18.2 Å². The molecule has 4 nitrogen and oxygen atoms in total. The van der Waals surface area contributed by atoms with Crippen molar-refractivity contribution in [1.82, 2.24) is 16.2 Å².